The molecular weight excluding hydrogens is 400 g/mol. The van der Waals surface area contributed by atoms with Gasteiger partial charge in [-0.15, -0.1) is 0 Å². The van der Waals surface area contributed by atoms with E-state index in [1.165, 1.54) is 25.2 Å². The molecule has 0 bridgehead atoms. The first-order valence-electron chi connectivity index (χ1n) is 9.24. The number of rotatable bonds is 9. The predicted molar refractivity (Wildman–Crippen MR) is 101 cm³/mol. The Morgan fingerprint density at radius 1 is 0.933 bits per heavy atom. The number of hydrogen-bond donors (Lipinski definition) is 0. The van der Waals surface area contributed by atoms with Gasteiger partial charge in [-0.05, 0) is 19.1 Å². The first kappa shape index (κ1) is 24.9. The predicted octanol–water partition coefficient (Wildman–Crippen LogP) is 1.16. The quantitative estimate of drug-likeness (QED) is 0.300. The molecule has 0 saturated heterocycles. The first-order valence-corrected chi connectivity index (χ1v) is 9.24. The molecule has 0 amide bonds. The van der Waals surface area contributed by atoms with Gasteiger partial charge in [0.1, 0.15) is 12.2 Å². The molecule has 0 spiro atoms. The largest absolute Gasteiger partial charge is 0.459 e. The molecule has 0 radical (unpaired) electrons. The van der Waals surface area contributed by atoms with E-state index in [9.17, 15) is 24.0 Å². The smallest absolute Gasteiger partial charge is 0.331 e. The van der Waals surface area contributed by atoms with Crippen molar-refractivity contribution in [2.24, 2.45) is 0 Å². The molecule has 166 valence electrons. The Morgan fingerprint density at radius 2 is 1.47 bits per heavy atom. The molecule has 0 aromatic rings. The first-order chi connectivity index (χ1) is 14.0. The zero-order chi connectivity index (χ0) is 22.8. The van der Waals surface area contributed by atoms with Gasteiger partial charge in [0.2, 0.25) is 0 Å². The maximum Gasteiger partial charge on any atom is 0.331 e. The fourth-order valence-electron chi connectivity index (χ4n) is 2.76. The summed E-state index contributed by atoms with van der Waals surface area (Å²) >= 11 is 0. The zero-order valence-corrected chi connectivity index (χ0v) is 17.5. The molecular formula is C20H26O10. The van der Waals surface area contributed by atoms with Crippen molar-refractivity contribution in [3.8, 4) is 0 Å². The van der Waals surface area contributed by atoms with Crippen molar-refractivity contribution in [2.45, 2.75) is 71.6 Å². The lowest BCUT2D eigenvalue weighted by atomic mass is 10.0. The molecule has 0 aromatic heterocycles. The van der Waals surface area contributed by atoms with Crippen LogP contribution >= 0.6 is 0 Å². The van der Waals surface area contributed by atoms with Crippen molar-refractivity contribution in [1.82, 2.24) is 0 Å². The highest BCUT2D eigenvalue weighted by Gasteiger charge is 2.40. The van der Waals surface area contributed by atoms with Crippen LogP contribution in [0.1, 0.15) is 41.0 Å². The third-order valence-electron chi connectivity index (χ3n) is 3.77. The van der Waals surface area contributed by atoms with Crippen molar-refractivity contribution < 1.29 is 47.7 Å². The van der Waals surface area contributed by atoms with Crippen molar-refractivity contribution in [3.05, 3.63) is 24.3 Å². The van der Waals surface area contributed by atoms with Gasteiger partial charge in [-0.2, -0.15) is 0 Å². The third kappa shape index (κ3) is 8.89. The Labute approximate surface area is 174 Å². The lowest BCUT2D eigenvalue weighted by molar-refractivity contribution is -0.193. The van der Waals surface area contributed by atoms with Gasteiger partial charge in [0, 0.05) is 40.2 Å². The number of esters is 5. The van der Waals surface area contributed by atoms with Crippen LogP contribution in [0.3, 0.4) is 0 Å². The fourth-order valence-corrected chi connectivity index (χ4v) is 2.76. The van der Waals surface area contributed by atoms with Crippen LogP contribution in [0.2, 0.25) is 0 Å². The number of hydrogen-bond acceptors (Lipinski definition) is 10. The van der Waals surface area contributed by atoms with E-state index in [1.54, 1.807) is 6.08 Å². The molecule has 0 saturated carbocycles. The van der Waals surface area contributed by atoms with Gasteiger partial charge >= 0.3 is 29.8 Å². The van der Waals surface area contributed by atoms with Crippen LogP contribution in [0.25, 0.3) is 0 Å². The molecule has 0 N–H and O–H groups in total. The van der Waals surface area contributed by atoms with E-state index in [1.807, 2.05) is 0 Å². The second-order valence-corrected chi connectivity index (χ2v) is 6.54. The summed E-state index contributed by atoms with van der Waals surface area (Å²) in [6, 6.07) is 0. The molecule has 1 heterocycles. The van der Waals surface area contributed by atoms with Crippen molar-refractivity contribution in [2.75, 3.05) is 0 Å². The standard InChI is InChI=1S/C20H26O10/c1-11(26-12(2)21)19(28-14(4)23)20(29-15(5)24)17(27-13(3)22)10-9-16-7-6-8-18(25)30-16/h6,8-11,16-17,19-20H,7H2,1-5H3/b10-9-/t11-,16+,17+,19+,20-/m0/s1. The van der Waals surface area contributed by atoms with Gasteiger partial charge in [-0.3, -0.25) is 19.2 Å². The summed E-state index contributed by atoms with van der Waals surface area (Å²) in [6.07, 6.45) is 0.629. The molecule has 0 aromatic carbocycles. The zero-order valence-electron chi connectivity index (χ0n) is 17.5. The molecule has 0 aliphatic carbocycles. The lowest BCUT2D eigenvalue weighted by Crippen LogP contribution is -2.50. The van der Waals surface area contributed by atoms with Gasteiger partial charge in [-0.25, -0.2) is 4.79 Å². The van der Waals surface area contributed by atoms with Gasteiger partial charge in [0.15, 0.2) is 18.3 Å². The SMILES string of the molecule is CC(=O)O[C@H]([C@H](OC(C)=O)[C@H](C)OC(C)=O)[C@@H](/C=C\[C@H]1CC=CC(=O)O1)OC(C)=O. The highest BCUT2D eigenvalue weighted by molar-refractivity contribution is 5.83. The van der Waals surface area contributed by atoms with Crippen LogP contribution in [0, 0.1) is 0 Å². The van der Waals surface area contributed by atoms with E-state index < -0.39 is 60.4 Å². The Bertz CT molecular complexity index is 723. The van der Waals surface area contributed by atoms with Crippen LogP contribution in [-0.2, 0) is 47.7 Å². The van der Waals surface area contributed by atoms with Crippen molar-refractivity contribution in [1.29, 1.82) is 0 Å². The summed E-state index contributed by atoms with van der Waals surface area (Å²) < 4.78 is 26.0. The van der Waals surface area contributed by atoms with E-state index >= 15 is 0 Å². The summed E-state index contributed by atoms with van der Waals surface area (Å²) in [5.74, 6) is -3.36. The van der Waals surface area contributed by atoms with Crippen molar-refractivity contribution >= 4 is 29.8 Å². The number of carbonyl (C=O) groups excluding carboxylic acids is 5. The summed E-state index contributed by atoms with van der Waals surface area (Å²) in [5.41, 5.74) is 0. The molecule has 5 atom stereocenters. The van der Waals surface area contributed by atoms with Crippen LogP contribution < -0.4 is 0 Å². The monoisotopic (exact) mass is 426 g/mol. The summed E-state index contributed by atoms with van der Waals surface area (Å²) in [5, 5.41) is 0. The fraction of sp³-hybridized carbons (Fsp3) is 0.550. The second kappa shape index (κ2) is 11.7. The Balaban J connectivity index is 3.26. The van der Waals surface area contributed by atoms with Crippen LogP contribution in [-0.4, -0.2) is 60.4 Å². The van der Waals surface area contributed by atoms with Gasteiger partial charge in [-0.1, -0.05) is 6.08 Å². The van der Waals surface area contributed by atoms with Gasteiger partial charge in [0.05, 0.1) is 0 Å². The Morgan fingerprint density at radius 3 is 1.97 bits per heavy atom. The molecule has 10 heteroatoms. The normalized spacial score (nSPS) is 19.8. The van der Waals surface area contributed by atoms with E-state index in [2.05, 4.69) is 0 Å². The van der Waals surface area contributed by atoms with E-state index in [4.69, 9.17) is 23.7 Å². The minimum atomic E-state index is -1.34. The van der Waals surface area contributed by atoms with E-state index in [0.29, 0.717) is 6.42 Å². The van der Waals surface area contributed by atoms with E-state index in [-0.39, 0.29) is 0 Å². The highest BCUT2D eigenvalue weighted by Crippen LogP contribution is 2.21. The average Bonchev–Trinajstić information content (AvgIpc) is 2.60. The highest BCUT2D eigenvalue weighted by atomic mass is 16.6. The second-order valence-electron chi connectivity index (χ2n) is 6.54. The molecule has 1 rings (SSSR count). The summed E-state index contributed by atoms with van der Waals surface area (Å²) in [6.45, 7) is 6.00. The summed E-state index contributed by atoms with van der Waals surface area (Å²) in [7, 11) is 0. The number of carbonyl (C=O) groups is 5. The average molecular weight is 426 g/mol. The van der Waals surface area contributed by atoms with Crippen molar-refractivity contribution in [3.63, 3.8) is 0 Å². The number of ether oxygens (including phenoxy) is 5. The Hall–Kier alpha value is -3.17. The van der Waals surface area contributed by atoms with E-state index in [0.717, 1.165) is 27.7 Å². The van der Waals surface area contributed by atoms with Crippen LogP contribution in [0.5, 0.6) is 0 Å². The molecule has 0 fully saturated rings. The third-order valence-corrected chi connectivity index (χ3v) is 3.77. The topological polar surface area (TPSA) is 132 Å². The molecule has 0 unspecified atom stereocenters. The molecule has 10 nitrogen and oxygen atoms in total. The minimum absolute atomic E-state index is 0.393. The molecule has 1 aliphatic rings. The lowest BCUT2D eigenvalue weighted by Gasteiger charge is -2.33. The van der Waals surface area contributed by atoms with Gasteiger partial charge in [0.25, 0.3) is 0 Å². The van der Waals surface area contributed by atoms with Crippen LogP contribution in [0.15, 0.2) is 24.3 Å². The van der Waals surface area contributed by atoms with Crippen LogP contribution in [0.4, 0.5) is 0 Å². The maximum atomic E-state index is 11.7. The Kier molecular flexibility index (Phi) is 9.73. The maximum absolute atomic E-state index is 11.7. The molecule has 1 aliphatic heterocycles. The van der Waals surface area contributed by atoms with Gasteiger partial charge < -0.3 is 23.7 Å². The minimum Gasteiger partial charge on any atom is -0.459 e. The molecule has 30 heavy (non-hydrogen) atoms. The summed E-state index contributed by atoms with van der Waals surface area (Å²) in [4.78, 5) is 57.8. The number of cyclic esters (lactones) is 1.